The van der Waals surface area contributed by atoms with E-state index in [0.717, 1.165) is 103 Å². The van der Waals surface area contributed by atoms with Crippen LogP contribution in [0.3, 0.4) is 0 Å². The molecule has 0 radical (unpaired) electrons. The molecule has 0 aromatic rings. The third-order valence-electron chi connectivity index (χ3n) is 7.60. The summed E-state index contributed by atoms with van der Waals surface area (Å²) in [5, 5.41) is 0. The van der Waals surface area contributed by atoms with E-state index in [-0.39, 0.29) is 11.9 Å². The van der Waals surface area contributed by atoms with Crippen LogP contribution in [0.4, 0.5) is 0 Å². The quantitative estimate of drug-likeness (QED) is 0.0608. The largest absolute Gasteiger partial charge is 0.465 e. The lowest BCUT2D eigenvalue weighted by atomic mass is 9.99. The van der Waals surface area contributed by atoms with Gasteiger partial charge in [-0.1, -0.05) is 156 Å². The van der Waals surface area contributed by atoms with Crippen molar-refractivity contribution in [2.75, 3.05) is 6.61 Å². The van der Waals surface area contributed by atoms with Gasteiger partial charge in [-0.05, 0) is 102 Å². The Morgan fingerprint density at radius 1 is 0.435 bits per heavy atom. The topological polar surface area (TPSA) is 26.3 Å². The zero-order chi connectivity index (χ0) is 33.6. The molecule has 0 aliphatic rings. The Labute approximate surface area is 285 Å². The molecule has 46 heavy (non-hydrogen) atoms. The van der Waals surface area contributed by atoms with E-state index in [2.05, 4.69) is 149 Å². The van der Waals surface area contributed by atoms with Gasteiger partial charge in [0, 0.05) is 0 Å². The number of hydrogen-bond donors (Lipinski definition) is 0. The number of allylic oxidation sites excluding steroid dienone is 20. The van der Waals surface area contributed by atoms with Crippen LogP contribution in [0, 0.1) is 11.8 Å². The van der Waals surface area contributed by atoms with Crippen molar-refractivity contribution in [1.82, 2.24) is 0 Å². The molecule has 0 fully saturated rings. The second-order valence-electron chi connectivity index (χ2n) is 11.6. The van der Waals surface area contributed by atoms with Crippen molar-refractivity contribution in [2.24, 2.45) is 11.8 Å². The van der Waals surface area contributed by atoms with Crippen LogP contribution in [0.25, 0.3) is 0 Å². The van der Waals surface area contributed by atoms with E-state index in [1.165, 1.54) is 0 Å². The number of rotatable bonds is 29. The normalized spacial score (nSPS) is 14.6. The predicted molar refractivity (Wildman–Crippen MR) is 206 cm³/mol. The second kappa shape index (κ2) is 36.3. The molecule has 0 saturated heterocycles. The van der Waals surface area contributed by atoms with Crippen LogP contribution in [-0.4, -0.2) is 12.6 Å². The summed E-state index contributed by atoms with van der Waals surface area (Å²) in [6.45, 7) is 9.14. The molecule has 2 nitrogen and oxygen atoms in total. The highest BCUT2D eigenvalue weighted by molar-refractivity contribution is 5.72. The maximum atomic E-state index is 12.7. The molecular formula is C44H68O2. The van der Waals surface area contributed by atoms with E-state index in [0.29, 0.717) is 12.5 Å². The van der Waals surface area contributed by atoms with Crippen LogP contribution in [0.2, 0.25) is 0 Å². The van der Waals surface area contributed by atoms with E-state index < -0.39 is 0 Å². The van der Waals surface area contributed by atoms with Gasteiger partial charge >= 0.3 is 5.97 Å². The molecule has 0 bridgehead atoms. The Morgan fingerprint density at radius 2 is 0.761 bits per heavy atom. The van der Waals surface area contributed by atoms with Crippen LogP contribution < -0.4 is 0 Å². The van der Waals surface area contributed by atoms with Crippen molar-refractivity contribution in [3.63, 3.8) is 0 Å². The first-order valence-corrected chi connectivity index (χ1v) is 18.4. The van der Waals surface area contributed by atoms with Crippen molar-refractivity contribution < 1.29 is 9.53 Å². The number of hydrogen-bond acceptors (Lipinski definition) is 2. The predicted octanol–water partition coefficient (Wildman–Crippen LogP) is 13.6. The summed E-state index contributed by atoms with van der Waals surface area (Å²) in [5.74, 6) is 0.392. The lowest BCUT2D eigenvalue weighted by Crippen LogP contribution is -2.20. The summed E-state index contributed by atoms with van der Waals surface area (Å²) in [4.78, 5) is 12.7. The molecule has 0 amide bonds. The number of esters is 1. The average Bonchev–Trinajstić information content (AvgIpc) is 3.07. The highest BCUT2D eigenvalue weighted by Crippen LogP contribution is 2.17. The van der Waals surface area contributed by atoms with Crippen molar-refractivity contribution in [2.45, 2.75) is 130 Å². The molecule has 0 saturated carbocycles. The number of carbonyl (C=O) groups is 1. The third-order valence-corrected chi connectivity index (χ3v) is 7.60. The fourth-order valence-electron chi connectivity index (χ4n) is 4.58. The van der Waals surface area contributed by atoms with Crippen molar-refractivity contribution in [3.8, 4) is 0 Å². The smallest absolute Gasteiger partial charge is 0.308 e. The van der Waals surface area contributed by atoms with Crippen LogP contribution in [0.15, 0.2) is 122 Å². The molecule has 2 unspecified atom stereocenters. The first kappa shape index (κ1) is 42.9. The summed E-state index contributed by atoms with van der Waals surface area (Å²) in [7, 11) is 0. The summed E-state index contributed by atoms with van der Waals surface area (Å²) < 4.78 is 5.77. The molecular weight excluding hydrogens is 560 g/mol. The van der Waals surface area contributed by atoms with Gasteiger partial charge in [0.05, 0.1) is 12.5 Å². The fourth-order valence-corrected chi connectivity index (χ4v) is 4.58. The minimum Gasteiger partial charge on any atom is -0.465 e. The number of carbonyl (C=O) groups excluding carboxylic acids is 1. The van der Waals surface area contributed by atoms with E-state index in [1.54, 1.807) is 0 Å². The SMILES string of the molecule is CC/C=C\C/C=C\C/C=C\C/C=C\C/C=C\CCC(CC)COC(=O)C(CC)CC/C=C\C/C=C\C/C=C\C/C=C\C/C=C\CC. The molecule has 0 heterocycles. The zero-order valence-electron chi connectivity index (χ0n) is 30.0. The minimum absolute atomic E-state index is 0.00878. The highest BCUT2D eigenvalue weighted by atomic mass is 16.5. The Bertz CT molecular complexity index is 979. The molecule has 2 atom stereocenters. The van der Waals surface area contributed by atoms with Crippen LogP contribution in [0.1, 0.15) is 130 Å². The van der Waals surface area contributed by atoms with Crippen molar-refractivity contribution >= 4 is 5.97 Å². The Morgan fingerprint density at radius 3 is 1.09 bits per heavy atom. The average molecular weight is 629 g/mol. The summed E-state index contributed by atoms with van der Waals surface area (Å²) in [6.07, 6.45) is 60.3. The maximum Gasteiger partial charge on any atom is 0.308 e. The van der Waals surface area contributed by atoms with Gasteiger partial charge in [0.1, 0.15) is 0 Å². The molecule has 256 valence electrons. The monoisotopic (exact) mass is 629 g/mol. The molecule has 0 aromatic heterocycles. The molecule has 0 aromatic carbocycles. The zero-order valence-corrected chi connectivity index (χ0v) is 30.0. The van der Waals surface area contributed by atoms with Gasteiger partial charge in [-0.15, -0.1) is 0 Å². The molecule has 2 heteroatoms. The fraction of sp³-hybridized carbons (Fsp3) is 0.523. The van der Waals surface area contributed by atoms with Crippen molar-refractivity contribution in [3.05, 3.63) is 122 Å². The van der Waals surface area contributed by atoms with Gasteiger partial charge < -0.3 is 4.74 Å². The van der Waals surface area contributed by atoms with E-state index in [1.807, 2.05) is 0 Å². The van der Waals surface area contributed by atoms with Crippen molar-refractivity contribution in [1.29, 1.82) is 0 Å². The standard InChI is InChI=1S/C44H68O2/c1-5-9-11-13-15-17-19-21-23-25-27-29-31-33-35-37-39-42(7-3)41-46-44(45)43(8-4)40-38-36-34-32-30-28-26-24-22-20-18-16-14-12-10-6-2/h9-12,15-18,21-24,27-30,33-36,42-43H,5-8,13-14,19-20,25-26,31-32,37-41H2,1-4H3/b11-9-,12-10-,17-15-,18-16-,23-21-,24-22-,29-27-,30-28-,35-33-,36-34-. The lowest BCUT2D eigenvalue weighted by Gasteiger charge is -2.17. The van der Waals surface area contributed by atoms with Gasteiger partial charge in [0.2, 0.25) is 0 Å². The Hall–Kier alpha value is -3.13. The maximum absolute atomic E-state index is 12.7. The summed E-state index contributed by atoms with van der Waals surface area (Å²) >= 11 is 0. The Balaban J connectivity index is 4.03. The van der Waals surface area contributed by atoms with Crippen LogP contribution in [-0.2, 0) is 9.53 Å². The van der Waals surface area contributed by atoms with E-state index in [9.17, 15) is 4.79 Å². The first-order chi connectivity index (χ1) is 22.7. The second-order valence-corrected chi connectivity index (χ2v) is 11.6. The first-order valence-electron chi connectivity index (χ1n) is 18.4. The van der Waals surface area contributed by atoms with E-state index in [4.69, 9.17) is 4.74 Å². The van der Waals surface area contributed by atoms with Gasteiger partial charge in [0.25, 0.3) is 0 Å². The molecule has 0 aliphatic carbocycles. The van der Waals surface area contributed by atoms with Crippen LogP contribution in [0.5, 0.6) is 0 Å². The third kappa shape index (κ3) is 30.9. The molecule has 0 N–H and O–H groups in total. The number of ether oxygens (including phenoxy) is 1. The molecule has 0 rings (SSSR count). The van der Waals surface area contributed by atoms with Gasteiger partial charge in [-0.25, -0.2) is 0 Å². The summed E-state index contributed by atoms with van der Waals surface area (Å²) in [5.41, 5.74) is 0. The van der Waals surface area contributed by atoms with Crippen LogP contribution >= 0.6 is 0 Å². The van der Waals surface area contributed by atoms with Gasteiger partial charge in [0.15, 0.2) is 0 Å². The van der Waals surface area contributed by atoms with Gasteiger partial charge in [-0.3, -0.25) is 4.79 Å². The summed E-state index contributed by atoms with van der Waals surface area (Å²) in [6, 6.07) is 0. The minimum atomic E-state index is -0.0248. The highest BCUT2D eigenvalue weighted by Gasteiger charge is 2.18. The Kier molecular flexibility index (Phi) is 33.9. The molecule has 0 spiro atoms. The molecule has 0 aliphatic heterocycles. The van der Waals surface area contributed by atoms with E-state index >= 15 is 0 Å². The van der Waals surface area contributed by atoms with Gasteiger partial charge in [-0.2, -0.15) is 0 Å². The lowest BCUT2D eigenvalue weighted by molar-refractivity contribution is -0.150.